The minimum atomic E-state index is -0.846. The minimum Gasteiger partial charge on any atom is -0.494 e. The highest BCUT2D eigenvalue weighted by Gasteiger charge is 2.38. The Labute approximate surface area is 199 Å². The van der Waals surface area contributed by atoms with E-state index in [1.54, 1.807) is 42.6 Å². The highest BCUT2D eigenvalue weighted by atomic mass is 35.5. The molecule has 0 spiro atoms. The molecule has 3 heterocycles. The number of fused-ring (bicyclic) bond motifs is 2. The van der Waals surface area contributed by atoms with Crippen LogP contribution in [-0.4, -0.2) is 35.2 Å². The van der Waals surface area contributed by atoms with Gasteiger partial charge in [0.2, 0.25) is 6.10 Å². The monoisotopic (exact) mass is 481 g/mol. The zero-order valence-corrected chi connectivity index (χ0v) is 19.5. The van der Waals surface area contributed by atoms with E-state index in [0.717, 1.165) is 10.3 Å². The predicted octanol–water partition coefficient (Wildman–Crippen LogP) is 5.12. The Morgan fingerprint density at radius 2 is 1.94 bits per heavy atom. The van der Waals surface area contributed by atoms with Gasteiger partial charge in [0.05, 0.1) is 23.4 Å². The SMILES string of the molecule is COc1ccc(Cl)c2sc(N(Cc3cccnc3)C(=O)C3Oc4ccccc4OC3C)nc12. The quantitative estimate of drug-likeness (QED) is 0.394. The standard InChI is InChI=1S/C24H20ClN3O4S/c1-14-21(32-18-8-4-3-7-17(18)31-14)23(29)28(13-15-6-5-11-26-12-15)24-27-20-19(30-2)10-9-16(25)22(20)33-24/h3-12,14,21H,13H2,1-2H3. The number of amides is 1. The van der Waals surface area contributed by atoms with Gasteiger partial charge in [0, 0.05) is 12.4 Å². The van der Waals surface area contributed by atoms with Crippen molar-refractivity contribution >= 4 is 44.2 Å². The van der Waals surface area contributed by atoms with E-state index in [1.165, 1.54) is 11.3 Å². The van der Waals surface area contributed by atoms with E-state index in [-0.39, 0.29) is 12.5 Å². The van der Waals surface area contributed by atoms with Crippen molar-refractivity contribution in [3.8, 4) is 17.2 Å². The summed E-state index contributed by atoms with van der Waals surface area (Å²) in [5.74, 6) is 1.47. The third-order valence-electron chi connectivity index (χ3n) is 5.31. The van der Waals surface area contributed by atoms with Gasteiger partial charge in [0.25, 0.3) is 5.91 Å². The molecule has 1 amide bonds. The van der Waals surface area contributed by atoms with Crippen molar-refractivity contribution in [3.05, 3.63) is 71.5 Å². The van der Waals surface area contributed by atoms with Gasteiger partial charge in [-0.15, -0.1) is 0 Å². The van der Waals surface area contributed by atoms with Gasteiger partial charge in [-0.05, 0) is 42.8 Å². The van der Waals surface area contributed by atoms with Crippen LogP contribution in [0.15, 0.2) is 60.9 Å². The number of nitrogens with zero attached hydrogens (tertiary/aromatic N) is 3. The first-order valence-corrected chi connectivity index (χ1v) is 11.5. The molecule has 1 aliphatic rings. The van der Waals surface area contributed by atoms with Crippen LogP contribution in [0.2, 0.25) is 5.02 Å². The molecule has 4 aromatic rings. The Morgan fingerprint density at radius 1 is 1.15 bits per heavy atom. The normalized spacial score (nSPS) is 17.1. The summed E-state index contributed by atoms with van der Waals surface area (Å²) in [6, 6.07) is 14.6. The number of thiazole rings is 1. The fourth-order valence-electron chi connectivity index (χ4n) is 3.68. The van der Waals surface area contributed by atoms with Crippen LogP contribution < -0.4 is 19.1 Å². The summed E-state index contributed by atoms with van der Waals surface area (Å²) >= 11 is 7.75. The summed E-state index contributed by atoms with van der Waals surface area (Å²) in [4.78, 5) is 24.3. The lowest BCUT2D eigenvalue weighted by Crippen LogP contribution is -2.50. The third-order valence-corrected chi connectivity index (χ3v) is 6.85. The number of rotatable bonds is 5. The van der Waals surface area contributed by atoms with Crippen molar-refractivity contribution in [2.75, 3.05) is 12.0 Å². The topological polar surface area (TPSA) is 73.8 Å². The van der Waals surface area contributed by atoms with Crippen molar-refractivity contribution in [1.29, 1.82) is 0 Å². The number of aromatic nitrogens is 2. The summed E-state index contributed by atoms with van der Waals surface area (Å²) in [5, 5.41) is 1.03. The average molecular weight is 482 g/mol. The zero-order chi connectivity index (χ0) is 22.9. The second-order valence-corrected chi connectivity index (χ2v) is 8.90. The summed E-state index contributed by atoms with van der Waals surface area (Å²) in [7, 11) is 1.58. The van der Waals surface area contributed by atoms with Crippen LogP contribution in [0.4, 0.5) is 5.13 Å². The van der Waals surface area contributed by atoms with Gasteiger partial charge < -0.3 is 14.2 Å². The molecule has 33 heavy (non-hydrogen) atoms. The van der Waals surface area contributed by atoms with Crippen molar-refractivity contribution < 1.29 is 19.0 Å². The number of para-hydroxylation sites is 2. The molecule has 0 saturated carbocycles. The van der Waals surface area contributed by atoms with Crippen molar-refractivity contribution in [3.63, 3.8) is 0 Å². The molecule has 2 unspecified atom stereocenters. The number of pyridine rings is 1. The fourth-order valence-corrected chi connectivity index (χ4v) is 4.94. The Balaban J connectivity index is 1.56. The molecule has 7 nitrogen and oxygen atoms in total. The maximum atomic E-state index is 13.8. The van der Waals surface area contributed by atoms with Gasteiger partial charge >= 0.3 is 0 Å². The largest absolute Gasteiger partial charge is 0.494 e. The summed E-state index contributed by atoms with van der Waals surface area (Å²) in [5.41, 5.74) is 1.46. The first-order chi connectivity index (χ1) is 16.0. The summed E-state index contributed by atoms with van der Waals surface area (Å²) < 4.78 is 18.3. The summed E-state index contributed by atoms with van der Waals surface area (Å²) in [6.45, 7) is 2.08. The van der Waals surface area contributed by atoms with E-state index in [4.69, 9.17) is 30.8 Å². The highest BCUT2D eigenvalue weighted by Crippen LogP contribution is 2.40. The molecule has 9 heteroatoms. The van der Waals surface area contributed by atoms with E-state index < -0.39 is 12.2 Å². The number of carbonyl (C=O) groups is 1. The first kappa shape index (κ1) is 21.5. The van der Waals surface area contributed by atoms with Crippen molar-refractivity contribution in [1.82, 2.24) is 9.97 Å². The maximum Gasteiger partial charge on any atom is 0.274 e. The van der Waals surface area contributed by atoms with Crippen LogP contribution in [-0.2, 0) is 11.3 Å². The second kappa shape index (κ2) is 8.88. The molecular formula is C24H20ClN3O4S. The van der Waals surface area contributed by atoms with Crippen molar-refractivity contribution in [2.24, 2.45) is 0 Å². The Hall–Kier alpha value is -3.36. The van der Waals surface area contributed by atoms with Gasteiger partial charge in [0.15, 0.2) is 16.6 Å². The highest BCUT2D eigenvalue weighted by molar-refractivity contribution is 7.23. The lowest BCUT2D eigenvalue weighted by atomic mass is 10.1. The Morgan fingerprint density at radius 3 is 2.67 bits per heavy atom. The molecule has 0 saturated heterocycles. The van der Waals surface area contributed by atoms with E-state index in [9.17, 15) is 4.79 Å². The van der Waals surface area contributed by atoms with Crippen LogP contribution in [0, 0.1) is 0 Å². The Bertz CT molecular complexity index is 1310. The number of anilines is 1. The Kier molecular flexibility index (Phi) is 5.78. The molecule has 0 aliphatic carbocycles. The molecule has 0 N–H and O–H groups in total. The number of carbonyl (C=O) groups excluding carboxylic acids is 1. The molecule has 2 atom stereocenters. The van der Waals surface area contributed by atoms with Crippen LogP contribution in [0.25, 0.3) is 10.2 Å². The van der Waals surface area contributed by atoms with Crippen LogP contribution in [0.1, 0.15) is 12.5 Å². The average Bonchev–Trinajstić information content (AvgIpc) is 3.29. The van der Waals surface area contributed by atoms with Gasteiger partial charge in [-0.25, -0.2) is 4.98 Å². The molecule has 168 valence electrons. The number of hydrogen-bond donors (Lipinski definition) is 0. The molecule has 0 fully saturated rings. The van der Waals surface area contributed by atoms with E-state index in [2.05, 4.69) is 4.98 Å². The number of ether oxygens (including phenoxy) is 3. The summed E-state index contributed by atoms with van der Waals surface area (Å²) in [6.07, 6.45) is 2.07. The lowest BCUT2D eigenvalue weighted by Gasteiger charge is -2.33. The van der Waals surface area contributed by atoms with E-state index in [1.807, 2.05) is 37.3 Å². The smallest absolute Gasteiger partial charge is 0.274 e. The number of benzene rings is 2. The van der Waals surface area contributed by atoms with Crippen LogP contribution in [0.5, 0.6) is 17.2 Å². The zero-order valence-electron chi connectivity index (χ0n) is 17.9. The van der Waals surface area contributed by atoms with E-state index >= 15 is 0 Å². The first-order valence-electron chi connectivity index (χ1n) is 10.3. The molecule has 0 radical (unpaired) electrons. The molecular weight excluding hydrogens is 462 g/mol. The number of halogens is 1. The van der Waals surface area contributed by atoms with E-state index in [0.29, 0.717) is 32.9 Å². The van der Waals surface area contributed by atoms with Gasteiger partial charge in [-0.1, -0.05) is 41.1 Å². The molecule has 0 bridgehead atoms. The maximum absolute atomic E-state index is 13.8. The van der Waals surface area contributed by atoms with Crippen LogP contribution in [0.3, 0.4) is 0 Å². The van der Waals surface area contributed by atoms with Gasteiger partial charge in [-0.2, -0.15) is 0 Å². The molecule has 5 rings (SSSR count). The predicted molar refractivity (Wildman–Crippen MR) is 128 cm³/mol. The minimum absolute atomic E-state index is 0.265. The molecule has 2 aromatic heterocycles. The second-order valence-electron chi connectivity index (χ2n) is 7.52. The number of hydrogen-bond acceptors (Lipinski definition) is 7. The number of methoxy groups -OCH3 is 1. The molecule has 2 aromatic carbocycles. The molecule has 1 aliphatic heterocycles. The van der Waals surface area contributed by atoms with Gasteiger partial charge in [0.1, 0.15) is 17.4 Å². The van der Waals surface area contributed by atoms with Crippen LogP contribution >= 0.6 is 22.9 Å². The fraction of sp³-hybridized carbons (Fsp3) is 0.208. The third kappa shape index (κ3) is 4.07. The van der Waals surface area contributed by atoms with Gasteiger partial charge in [-0.3, -0.25) is 14.7 Å². The van der Waals surface area contributed by atoms with Crippen molar-refractivity contribution in [2.45, 2.75) is 25.7 Å². The lowest BCUT2D eigenvalue weighted by molar-refractivity contribution is -0.130.